The Morgan fingerprint density at radius 2 is 1.83 bits per heavy atom. The molecule has 0 saturated heterocycles. The van der Waals surface area contributed by atoms with Crippen molar-refractivity contribution < 1.29 is 0 Å². The number of hydrogen-bond acceptors (Lipinski definition) is 5. The molecule has 18 heavy (non-hydrogen) atoms. The molecule has 0 aliphatic heterocycles. The number of nitrogens with zero attached hydrogens (tertiary/aromatic N) is 2. The van der Waals surface area contributed by atoms with E-state index in [1.54, 1.807) is 0 Å². The third-order valence-corrected chi connectivity index (χ3v) is 2.57. The normalized spacial score (nSPS) is 11.7. The van der Waals surface area contributed by atoms with Gasteiger partial charge in [0.05, 0.1) is 0 Å². The number of nitrogens with two attached hydrogens (primary N) is 1. The Morgan fingerprint density at radius 3 is 2.33 bits per heavy atom. The number of anilines is 2. The van der Waals surface area contributed by atoms with Crippen molar-refractivity contribution in [1.29, 1.82) is 0 Å². The molecule has 0 radical (unpaired) electrons. The van der Waals surface area contributed by atoms with Crippen molar-refractivity contribution >= 4 is 11.6 Å². The molecule has 4 N–H and O–H groups in total. The average Bonchev–Trinajstić information content (AvgIpc) is 2.27. The van der Waals surface area contributed by atoms with E-state index in [0.29, 0.717) is 11.7 Å². The van der Waals surface area contributed by atoms with Crippen LogP contribution in [0.15, 0.2) is 6.07 Å². The van der Waals surface area contributed by atoms with Crippen LogP contribution in [0.5, 0.6) is 0 Å². The van der Waals surface area contributed by atoms with Crippen molar-refractivity contribution in [2.24, 2.45) is 11.8 Å². The SMILES string of the molecule is CC(C)CCNc1cc(NN)nc(C(C)(C)C)n1. The predicted octanol–water partition coefficient (Wildman–Crippen LogP) is 2.52. The van der Waals surface area contributed by atoms with Crippen molar-refractivity contribution in [3.8, 4) is 0 Å². The number of nitrogens with one attached hydrogen (secondary N) is 2. The molecule has 0 aliphatic carbocycles. The minimum Gasteiger partial charge on any atom is -0.370 e. The standard InChI is InChI=1S/C13H25N5/c1-9(2)6-7-15-10-8-11(18-14)17-12(16-10)13(3,4)5/h8-9H,6-7,14H2,1-5H3,(H2,15,16,17,18). The zero-order chi connectivity index (χ0) is 13.8. The zero-order valence-corrected chi connectivity index (χ0v) is 12.0. The maximum atomic E-state index is 5.44. The molecule has 0 aliphatic rings. The Hall–Kier alpha value is -1.36. The van der Waals surface area contributed by atoms with Gasteiger partial charge in [0.2, 0.25) is 0 Å². The Labute approximate surface area is 110 Å². The van der Waals surface area contributed by atoms with Crippen LogP contribution in [0.1, 0.15) is 46.9 Å². The molecule has 5 nitrogen and oxygen atoms in total. The zero-order valence-electron chi connectivity index (χ0n) is 12.0. The number of hydrogen-bond donors (Lipinski definition) is 3. The van der Waals surface area contributed by atoms with Crippen molar-refractivity contribution in [2.45, 2.75) is 46.5 Å². The fourth-order valence-electron chi connectivity index (χ4n) is 1.44. The van der Waals surface area contributed by atoms with E-state index in [9.17, 15) is 0 Å². The second-order valence-electron chi connectivity index (χ2n) is 5.97. The first-order valence-corrected chi connectivity index (χ1v) is 6.43. The van der Waals surface area contributed by atoms with E-state index in [4.69, 9.17) is 5.84 Å². The van der Waals surface area contributed by atoms with Crippen LogP contribution < -0.4 is 16.6 Å². The molecule has 0 bridgehead atoms. The van der Waals surface area contributed by atoms with Crippen LogP contribution >= 0.6 is 0 Å². The van der Waals surface area contributed by atoms with Crippen LogP contribution in [0.4, 0.5) is 11.6 Å². The molecule has 5 heteroatoms. The number of rotatable bonds is 5. The summed E-state index contributed by atoms with van der Waals surface area (Å²) in [7, 11) is 0. The van der Waals surface area contributed by atoms with Gasteiger partial charge in [-0.3, -0.25) is 0 Å². The van der Waals surface area contributed by atoms with Crippen LogP contribution in [-0.4, -0.2) is 16.5 Å². The number of hydrazine groups is 1. The molecule has 0 atom stereocenters. The van der Waals surface area contributed by atoms with Gasteiger partial charge in [0.1, 0.15) is 17.5 Å². The highest BCUT2D eigenvalue weighted by molar-refractivity contribution is 5.47. The van der Waals surface area contributed by atoms with E-state index >= 15 is 0 Å². The Balaban J connectivity index is 2.84. The van der Waals surface area contributed by atoms with E-state index in [1.807, 2.05) is 6.07 Å². The topological polar surface area (TPSA) is 75.9 Å². The predicted molar refractivity (Wildman–Crippen MR) is 76.5 cm³/mol. The molecular formula is C13H25N5. The highest BCUT2D eigenvalue weighted by atomic mass is 15.3. The second-order valence-corrected chi connectivity index (χ2v) is 5.97. The first-order chi connectivity index (χ1) is 8.32. The second kappa shape index (κ2) is 6.00. The van der Waals surface area contributed by atoms with E-state index in [2.05, 4.69) is 55.3 Å². The van der Waals surface area contributed by atoms with Gasteiger partial charge in [-0.2, -0.15) is 0 Å². The van der Waals surface area contributed by atoms with Gasteiger partial charge in [-0.15, -0.1) is 0 Å². The molecule has 102 valence electrons. The lowest BCUT2D eigenvalue weighted by molar-refractivity contribution is 0.546. The summed E-state index contributed by atoms with van der Waals surface area (Å²) < 4.78 is 0. The summed E-state index contributed by atoms with van der Waals surface area (Å²) in [6.45, 7) is 11.6. The fraction of sp³-hybridized carbons (Fsp3) is 0.692. The van der Waals surface area contributed by atoms with Gasteiger partial charge in [-0.05, 0) is 12.3 Å². The summed E-state index contributed by atoms with van der Waals surface area (Å²) >= 11 is 0. The van der Waals surface area contributed by atoms with Gasteiger partial charge in [0.25, 0.3) is 0 Å². The fourth-order valence-corrected chi connectivity index (χ4v) is 1.44. The summed E-state index contributed by atoms with van der Waals surface area (Å²) in [6, 6.07) is 1.83. The summed E-state index contributed by atoms with van der Waals surface area (Å²) in [6.07, 6.45) is 1.11. The molecule has 1 aromatic heterocycles. The first-order valence-electron chi connectivity index (χ1n) is 6.43. The molecule has 1 aromatic rings. The van der Waals surface area contributed by atoms with Gasteiger partial charge < -0.3 is 10.7 Å². The summed E-state index contributed by atoms with van der Waals surface area (Å²) in [5, 5.41) is 3.32. The van der Waals surface area contributed by atoms with Crippen LogP contribution in [0.3, 0.4) is 0 Å². The summed E-state index contributed by atoms with van der Waals surface area (Å²) in [5.41, 5.74) is 2.49. The monoisotopic (exact) mass is 251 g/mol. The highest BCUT2D eigenvalue weighted by Gasteiger charge is 2.18. The maximum absolute atomic E-state index is 5.44. The molecule has 0 saturated carbocycles. The van der Waals surface area contributed by atoms with Crippen molar-refractivity contribution in [3.63, 3.8) is 0 Å². The van der Waals surface area contributed by atoms with Gasteiger partial charge >= 0.3 is 0 Å². The molecule has 0 unspecified atom stereocenters. The van der Waals surface area contributed by atoms with E-state index in [-0.39, 0.29) is 5.41 Å². The van der Waals surface area contributed by atoms with Gasteiger partial charge in [0, 0.05) is 18.0 Å². The lowest BCUT2D eigenvalue weighted by Crippen LogP contribution is -2.20. The average molecular weight is 251 g/mol. The number of nitrogen functional groups attached to an aromatic ring is 1. The smallest absolute Gasteiger partial charge is 0.145 e. The van der Waals surface area contributed by atoms with E-state index in [1.165, 1.54) is 0 Å². The van der Waals surface area contributed by atoms with Crippen molar-refractivity contribution in [2.75, 3.05) is 17.3 Å². The van der Waals surface area contributed by atoms with E-state index in [0.717, 1.165) is 24.6 Å². The lowest BCUT2D eigenvalue weighted by atomic mass is 9.96. The van der Waals surface area contributed by atoms with Gasteiger partial charge in [0.15, 0.2) is 0 Å². The maximum Gasteiger partial charge on any atom is 0.145 e. The molecular weight excluding hydrogens is 226 g/mol. The van der Waals surface area contributed by atoms with Crippen LogP contribution in [-0.2, 0) is 5.41 Å². The third-order valence-electron chi connectivity index (χ3n) is 2.57. The highest BCUT2D eigenvalue weighted by Crippen LogP contribution is 2.21. The van der Waals surface area contributed by atoms with Gasteiger partial charge in [-0.25, -0.2) is 15.8 Å². The van der Waals surface area contributed by atoms with Crippen LogP contribution in [0.25, 0.3) is 0 Å². The summed E-state index contributed by atoms with van der Waals surface area (Å²) in [5.74, 6) is 8.36. The van der Waals surface area contributed by atoms with Crippen LogP contribution in [0.2, 0.25) is 0 Å². The first kappa shape index (κ1) is 14.7. The van der Waals surface area contributed by atoms with Crippen LogP contribution in [0, 0.1) is 5.92 Å². The molecule has 0 amide bonds. The van der Waals surface area contributed by atoms with Crippen molar-refractivity contribution in [3.05, 3.63) is 11.9 Å². The summed E-state index contributed by atoms with van der Waals surface area (Å²) in [4.78, 5) is 8.91. The minimum absolute atomic E-state index is 0.0959. The quantitative estimate of drug-likeness (QED) is 0.554. The third kappa shape index (κ3) is 4.49. The molecule has 1 heterocycles. The minimum atomic E-state index is -0.0959. The Kier molecular flexibility index (Phi) is 4.90. The van der Waals surface area contributed by atoms with Gasteiger partial charge in [-0.1, -0.05) is 34.6 Å². The Morgan fingerprint density at radius 1 is 1.22 bits per heavy atom. The molecule has 0 aromatic carbocycles. The number of aromatic nitrogens is 2. The molecule has 0 fully saturated rings. The Bertz CT molecular complexity index is 381. The molecule has 1 rings (SSSR count). The van der Waals surface area contributed by atoms with E-state index < -0.39 is 0 Å². The lowest BCUT2D eigenvalue weighted by Gasteiger charge is -2.19. The largest absolute Gasteiger partial charge is 0.370 e. The molecule has 0 spiro atoms. The van der Waals surface area contributed by atoms with Crippen molar-refractivity contribution in [1.82, 2.24) is 9.97 Å².